The highest BCUT2D eigenvalue weighted by molar-refractivity contribution is 7.89. The minimum atomic E-state index is -4.69. The molecule has 0 aliphatic carbocycles. The van der Waals surface area contributed by atoms with Crippen molar-refractivity contribution in [2.24, 2.45) is 0 Å². The number of nitrogens with zero attached hydrogens (tertiary/aromatic N) is 10. The van der Waals surface area contributed by atoms with Gasteiger partial charge in [0, 0.05) is 85.1 Å². The van der Waals surface area contributed by atoms with E-state index in [9.17, 15) is 31.5 Å². The standard InChI is InChI=1S/C30H38FN5O7S.C29H40FN5O5S/c1-30(2,29(38)43-6)36-26(28(37)34-17-15-33(3)16-18-34)25(31)27(32-36)44(39,40)35(19-21-7-11-23(41-4)12-8-21)20-22-9-13-24(42-5)14-10-22;1-29(2,21-36)35-26(20-33-16-14-32(3)15-17-33)27(30)28(31-35)41(37,38)34(18-22-6-10-24(39-4)11-7-22)19-23-8-12-25(40-5)13-9-23/h7-14H,15-20H2,1-6H3;6-13,36H,14-21H2,1-5H3. The van der Waals surface area contributed by atoms with Gasteiger partial charge in [-0.25, -0.2) is 35.1 Å². The molecule has 85 heavy (non-hydrogen) atoms. The van der Waals surface area contributed by atoms with Gasteiger partial charge < -0.3 is 43.5 Å². The normalized spacial score (nSPS) is 14.9. The number of esters is 1. The van der Waals surface area contributed by atoms with Crippen LogP contribution in [-0.2, 0) is 73.4 Å². The van der Waals surface area contributed by atoms with Gasteiger partial charge in [-0.2, -0.15) is 18.8 Å². The average molecular weight is 1220 g/mol. The van der Waals surface area contributed by atoms with Crippen molar-refractivity contribution in [3.05, 3.63) is 142 Å². The van der Waals surface area contributed by atoms with Gasteiger partial charge in [-0.3, -0.25) is 14.4 Å². The molecular formula is C59H78F2N10O12S2. The molecule has 4 aromatic carbocycles. The van der Waals surface area contributed by atoms with Crippen LogP contribution >= 0.6 is 0 Å². The number of piperazine rings is 2. The molecule has 2 fully saturated rings. The number of aliphatic hydroxyl groups excluding tert-OH is 1. The molecule has 1 amide bonds. The summed E-state index contributed by atoms with van der Waals surface area (Å²) in [5, 5.41) is 17.0. The summed E-state index contributed by atoms with van der Waals surface area (Å²) < 4.78 is 120. The van der Waals surface area contributed by atoms with Crippen molar-refractivity contribution < 1.29 is 64.0 Å². The van der Waals surface area contributed by atoms with Crippen LogP contribution in [-0.4, -0.2) is 190 Å². The number of aliphatic hydroxyl groups is 1. The lowest BCUT2D eigenvalue weighted by Gasteiger charge is -2.33. The Kier molecular flexibility index (Phi) is 21.6. The Morgan fingerprint density at radius 1 is 0.541 bits per heavy atom. The highest BCUT2D eigenvalue weighted by atomic mass is 32.2. The van der Waals surface area contributed by atoms with Gasteiger partial charge >= 0.3 is 5.97 Å². The lowest BCUT2D eigenvalue weighted by atomic mass is 10.1. The molecule has 6 aromatic rings. The number of hydrogen-bond donors (Lipinski definition) is 1. The van der Waals surface area contributed by atoms with Crippen molar-refractivity contribution in [2.45, 2.75) is 81.5 Å². The third-order valence-electron chi connectivity index (χ3n) is 15.1. The lowest BCUT2D eigenvalue weighted by molar-refractivity contribution is -0.150. The molecule has 2 aliphatic rings. The summed E-state index contributed by atoms with van der Waals surface area (Å²) in [7, 11) is 2.11. The Morgan fingerprint density at radius 3 is 1.22 bits per heavy atom. The number of sulfonamides is 2. The fraction of sp³-hybridized carbons (Fsp3) is 0.458. The maximum Gasteiger partial charge on any atom is 0.333 e. The van der Waals surface area contributed by atoms with E-state index in [1.54, 1.807) is 125 Å². The summed E-state index contributed by atoms with van der Waals surface area (Å²) >= 11 is 0. The number of amides is 1. The van der Waals surface area contributed by atoms with Gasteiger partial charge in [0.1, 0.15) is 23.0 Å². The Hall–Kier alpha value is -7.04. The number of rotatable bonds is 23. The van der Waals surface area contributed by atoms with Crippen LogP contribution < -0.4 is 18.9 Å². The Labute approximate surface area is 497 Å². The predicted octanol–water partition coefficient (Wildman–Crippen LogP) is 5.63. The van der Waals surface area contributed by atoms with Gasteiger partial charge in [-0.05, 0) is 113 Å². The molecule has 26 heteroatoms. The van der Waals surface area contributed by atoms with Gasteiger partial charge in [-0.1, -0.05) is 48.5 Å². The molecule has 0 spiro atoms. The van der Waals surface area contributed by atoms with Crippen molar-refractivity contribution in [1.29, 1.82) is 0 Å². The molecular weight excluding hydrogens is 1140 g/mol. The Morgan fingerprint density at radius 2 is 0.882 bits per heavy atom. The molecule has 462 valence electrons. The fourth-order valence-corrected chi connectivity index (χ4v) is 12.4. The van der Waals surface area contributed by atoms with Crippen molar-refractivity contribution in [2.75, 3.05) is 109 Å². The summed E-state index contributed by atoms with van der Waals surface area (Å²) in [5.41, 5.74) is -0.603. The second kappa shape index (κ2) is 28.0. The van der Waals surface area contributed by atoms with Crippen molar-refractivity contribution in [3.8, 4) is 23.0 Å². The van der Waals surface area contributed by atoms with Crippen LogP contribution in [0.5, 0.6) is 23.0 Å². The first kappa shape index (κ1) is 65.5. The number of methoxy groups -OCH3 is 5. The molecule has 0 unspecified atom stereocenters. The average Bonchev–Trinajstić information content (AvgIpc) is 2.00. The van der Waals surface area contributed by atoms with E-state index in [-0.39, 0.29) is 45.0 Å². The molecule has 0 atom stereocenters. The van der Waals surface area contributed by atoms with Crippen LogP contribution in [0.25, 0.3) is 0 Å². The molecule has 2 saturated heterocycles. The third-order valence-corrected chi connectivity index (χ3v) is 18.4. The topological polar surface area (TPSA) is 224 Å². The van der Waals surface area contributed by atoms with Crippen molar-refractivity contribution in [1.82, 2.24) is 47.8 Å². The van der Waals surface area contributed by atoms with Crippen LogP contribution in [0.15, 0.2) is 107 Å². The molecule has 2 aliphatic heterocycles. The zero-order chi connectivity index (χ0) is 62.0. The van der Waals surface area contributed by atoms with Crippen molar-refractivity contribution in [3.63, 3.8) is 0 Å². The molecule has 0 radical (unpaired) electrons. The van der Waals surface area contributed by atoms with Crippen LogP contribution in [0.3, 0.4) is 0 Å². The number of carbonyl (C=O) groups is 2. The van der Waals surface area contributed by atoms with Crippen LogP contribution in [0.1, 0.15) is 66.1 Å². The molecule has 8 rings (SSSR count). The molecule has 1 N–H and O–H groups in total. The van der Waals surface area contributed by atoms with Gasteiger partial charge in [0.05, 0.1) is 53.4 Å². The molecule has 0 bridgehead atoms. The van der Waals surface area contributed by atoms with Gasteiger partial charge in [0.15, 0.2) is 22.9 Å². The summed E-state index contributed by atoms with van der Waals surface area (Å²) in [6, 6.07) is 27.7. The first-order valence-corrected chi connectivity index (χ1v) is 30.4. The SMILES string of the molecule is COC(=O)C(C)(C)n1nc(S(=O)(=O)N(Cc2ccc(OC)cc2)Cc2ccc(OC)cc2)c(F)c1C(=O)N1CCN(C)CC1.COc1ccc(CN(Cc2ccc(OC)cc2)S(=O)(=O)c2nn(C(C)(C)CO)c(CN3CCN(C)CC3)c2F)cc1. The van der Waals surface area contributed by atoms with E-state index >= 15 is 8.78 Å². The monoisotopic (exact) mass is 1220 g/mol. The Bertz CT molecular complexity index is 3340. The van der Waals surface area contributed by atoms with Crippen LogP contribution in [0.4, 0.5) is 8.78 Å². The van der Waals surface area contributed by atoms with E-state index < -0.39 is 70.4 Å². The Balaban J connectivity index is 0.000000244. The van der Waals surface area contributed by atoms with E-state index in [4.69, 9.17) is 23.7 Å². The second-order valence-corrected chi connectivity index (χ2v) is 25.7. The van der Waals surface area contributed by atoms with Crippen molar-refractivity contribution >= 4 is 31.9 Å². The number of benzene rings is 4. The molecule has 0 saturated carbocycles. The van der Waals surface area contributed by atoms with E-state index in [1.807, 2.05) is 19.0 Å². The summed E-state index contributed by atoms with van der Waals surface area (Å²) in [6.07, 6.45) is 0. The van der Waals surface area contributed by atoms with E-state index in [2.05, 4.69) is 20.0 Å². The summed E-state index contributed by atoms with van der Waals surface area (Å²) in [6.45, 7) is 10.4. The predicted molar refractivity (Wildman–Crippen MR) is 313 cm³/mol. The van der Waals surface area contributed by atoms with Gasteiger partial charge in [-0.15, -0.1) is 0 Å². The first-order valence-electron chi connectivity index (χ1n) is 27.5. The number of halogens is 2. The molecule has 4 heterocycles. The number of ether oxygens (including phenoxy) is 5. The maximum atomic E-state index is 16.5. The number of likely N-dealkylation sites (N-methyl/N-ethyl adjacent to an activating group) is 2. The first-order chi connectivity index (χ1) is 40.3. The highest BCUT2D eigenvalue weighted by Crippen LogP contribution is 2.33. The maximum absolute atomic E-state index is 16.5. The van der Waals surface area contributed by atoms with E-state index in [0.29, 0.717) is 84.5 Å². The highest BCUT2D eigenvalue weighted by Gasteiger charge is 2.44. The number of carbonyl (C=O) groups excluding carboxylic acids is 2. The zero-order valence-corrected chi connectivity index (χ0v) is 51.8. The minimum Gasteiger partial charge on any atom is -0.497 e. The third kappa shape index (κ3) is 15.3. The van der Waals surface area contributed by atoms with Crippen LogP contribution in [0, 0.1) is 11.6 Å². The smallest absolute Gasteiger partial charge is 0.333 e. The largest absolute Gasteiger partial charge is 0.497 e. The zero-order valence-electron chi connectivity index (χ0n) is 50.1. The van der Waals surface area contributed by atoms with E-state index in [0.717, 1.165) is 29.2 Å². The quantitative estimate of drug-likeness (QED) is 0.0768. The minimum absolute atomic E-state index is 0.0121. The summed E-state index contributed by atoms with van der Waals surface area (Å²) in [5.74, 6) is -1.37. The van der Waals surface area contributed by atoms with Gasteiger partial charge in [0.25, 0.3) is 26.0 Å². The van der Waals surface area contributed by atoms with E-state index in [1.165, 1.54) is 42.0 Å². The molecule has 22 nitrogen and oxygen atoms in total. The lowest BCUT2D eigenvalue weighted by Crippen LogP contribution is -2.49. The second-order valence-electron chi connectivity index (χ2n) is 22.0. The summed E-state index contributed by atoms with van der Waals surface area (Å²) in [4.78, 5) is 34.2. The van der Waals surface area contributed by atoms with Crippen LogP contribution in [0.2, 0.25) is 0 Å². The number of aromatic nitrogens is 4. The fourth-order valence-electron chi connectivity index (χ4n) is 9.56. The van der Waals surface area contributed by atoms with Gasteiger partial charge in [0.2, 0.25) is 10.1 Å². The molecule has 2 aromatic heterocycles. The number of hydrogen-bond acceptors (Lipinski definition) is 17.